The van der Waals surface area contributed by atoms with Crippen LogP contribution in [0.25, 0.3) is 15.9 Å². The van der Waals surface area contributed by atoms with Gasteiger partial charge in [-0.1, -0.05) is 35.6 Å². The Balaban J connectivity index is 1.63. The molecule has 0 aliphatic rings. The van der Waals surface area contributed by atoms with Gasteiger partial charge in [0.15, 0.2) is 0 Å². The number of aromatic nitrogens is 3. The Morgan fingerprint density at radius 2 is 1.96 bits per heavy atom. The number of para-hydroxylation sites is 1. The normalized spacial score (nSPS) is 11.0. The number of nitrogens with one attached hydrogen (secondary N) is 1. The lowest BCUT2D eigenvalue weighted by Crippen LogP contribution is -2.15. The highest BCUT2D eigenvalue weighted by Crippen LogP contribution is 2.23. The van der Waals surface area contributed by atoms with Crippen molar-refractivity contribution in [1.29, 1.82) is 0 Å². The number of methoxy groups -OCH3 is 1. The summed E-state index contributed by atoms with van der Waals surface area (Å²) in [5.74, 6) is -0.283. The monoisotopic (exact) mass is 366 g/mol. The summed E-state index contributed by atoms with van der Waals surface area (Å²) in [6.07, 6.45) is 0.226. The van der Waals surface area contributed by atoms with Gasteiger partial charge in [-0.2, -0.15) is 4.52 Å². The summed E-state index contributed by atoms with van der Waals surface area (Å²) >= 11 is 1.30. The van der Waals surface area contributed by atoms with Gasteiger partial charge >= 0.3 is 5.97 Å². The van der Waals surface area contributed by atoms with E-state index >= 15 is 0 Å². The number of esters is 1. The second-order valence-corrected chi connectivity index (χ2v) is 6.57. The lowest BCUT2D eigenvalue weighted by Gasteiger charge is -2.04. The molecule has 2 aromatic carbocycles. The summed E-state index contributed by atoms with van der Waals surface area (Å²) < 4.78 is 5.96. The first-order valence-corrected chi connectivity index (χ1v) is 8.67. The second kappa shape index (κ2) is 6.57. The molecule has 0 aliphatic carbocycles. The summed E-state index contributed by atoms with van der Waals surface area (Å²) in [4.78, 5) is 28.8. The minimum absolute atomic E-state index is 0.191. The summed E-state index contributed by atoms with van der Waals surface area (Å²) in [5, 5.41) is 8.57. The zero-order valence-corrected chi connectivity index (χ0v) is 14.6. The van der Waals surface area contributed by atoms with Crippen LogP contribution in [0.3, 0.4) is 0 Å². The molecule has 8 heteroatoms. The number of carbonyl (C=O) groups excluding carboxylic acids is 1. The van der Waals surface area contributed by atoms with E-state index in [1.54, 1.807) is 12.1 Å². The first-order valence-electron chi connectivity index (χ1n) is 7.85. The van der Waals surface area contributed by atoms with Gasteiger partial charge in [-0.3, -0.25) is 9.59 Å². The first kappa shape index (κ1) is 16.2. The van der Waals surface area contributed by atoms with Crippen LogP contribution >= 0.6 is 11.3 Å². The Kier molecular flexibility index (Phi) is 4.10. The molecule has 0 unspecified atom stereocenters. The third kappa shape index (κ3) is 3.02. The van der Waals surface area contributed by atoms with Crippen LogP contribution in [0.15, 0.2) is 53.3 Å². The predicted octanol–water partition coefficient (Wildman–Crippen LogP) is 2.76. The SMILES string of the molecule is COC(=O)Cc1ccc(Nc2nn3c(=O)c4ccccc4nc3s2)cc1. The molecule has 0 radical (unpaired) electrons. The molecular formula is C18H14N4O3S. The molecule has 2 aromatic heterocycles. The van der Waals surface area contributed by atoms with Crippen molar-refractivity contribution < 1.29 is 9.53 Å². The first-order chi connectivity index (χ1) is 12.6. The quantitative estimate of drug-likeness (QED) is 0.559. The Morgan fingerprint density at radius 1 is 1.19 bits per heavy atom. The van der Waals surface area contributed by atoms with Crippen LogP contribution in [0.4, 0.5) is 10.8 Å². The van der Waals surface area contributed by atoms with E-state index in [-0.39, 0.29) is 17.9 Å². The minimum atomic E-state index is -0.283. The van der Waals surface area contributed by atoms with Crippen molar-refractivity contribution in [3.05, 3.63) is 64.4 Å². The number of fused-ring (bicyclic) bond motifs is 2. The molecule has 2 heterocycles. The molecule has 0 saturated carbocycles. The molecule has 7 nitrogen and oxygen atoms in total. The van der Waals surface area contributed by atoms with E-state index in [4.69, 9.17) is 0 Å². The molecule has 0 amide bonds. The lowest BCUT2D eigenvalue weighted by atomic mass is 10.1. The van der Waals surface area contributed by atoms with Crippen LogP contribution in [-0.2, 0) is 16.0 Å². The van der Waals surface area contributed by atoms with E-state index in [0.29, 0.717) is 21.0 Å². The van der Waals surface area contributed by atoms with Gasteiger partial charge in [0.25, 0.3) is 5.56 Å². The molecule has 26 heavy (non-hydrogen) atoms. The van der Waals surface area contributed by atoms with E-state index in [1.165, 1.54) is 23.0 Å². The number of hydrogen-bond donors (Lipinski definition) is 1. The number of carbonyl (C=O) groups is 1. The third-order valence-electron chi connectivity index (χ3n) is 3.88. The molecule has 1 N–H and O–H groups in total. The molecule has 0 spiro atoms. The van der Waals surface area contributed by atoms with Gasteiger partial charge in [-0.05, 0) is 29.8 Å². The zero-order chi connectivity index (χ0) is 18.1. The molecule has 4 rings (SSSR count). The fourth-order valence-electron chi connectivity index (χ4n) is 2.57. The lowest BCUT2D eigenvalue weighted by molar-refractivity contribution is -0.139. The largest absolute Gasteiger partial charge is 0.469 e. The summed E-state index contributed by atoms with van der Waals surface area (Å²) in [5.41, 5.74) is 2.12. The van der Waals surface area contributed by atoms with E-state index in [9.17, 15) is 9.59 Å². The number of nitrogens with zero attached hydrogens (tertiary/aromatic N) is 3. The van der Waals surface area contributed by atoms with Gasteiger partial charge in [-0.15, -0.1) is 5.10 Å². The Hall–Kier alpha value is -3.26. The van der Waals surface area contributed by atoms with Crippen LogP contribution in [0.2, 0.25) is 0 Å². The van der Waals surface area contributed by atoms with Gasteiger partial charge in [0.1, 0.15) is 0 Å². The van der Waals surface area contributed by atoms with Crippen molar-refractivity contribution >= 4 is 44.0 Å². The van der Waals surface area contributed by atoms with Gasteiger partial charge < -0.3 is 10.1 Å². The Morgan fingerprint density at radius 3 is 2.73 bits per heavy atom. The maximum Gasteiger partial charge on any atom is 0.309 e. The zero-order valence-electron chi connectivity index (χ0n) is 13.8. The molecule has 130 valence electrons. The standard InChI is InChI=1S/C18H14N4O3S/c1-25-15(23)10-11-6-8-12(9-7-11)19-17-21-22-16(24)13-4-2-3-5-14(13)20-18(22)26-17/h2-9H,10H2,1H3,(H,19,21). The average molecular weight is 366 g/mol. The number of ether oxygens (including phenoxy) is 1. The van der Waals surface area contributed by atoms with E-state index < -0.39 is 0 Å². The van der Waals surface area contributed by atoms with Crippen LogP contribution < -0.4 is 10.9 Å². The number of hydrogen-bond acceptors (Lipinski definition) is 7. The van der Waals surface area contributed by atoms with Crippen molar-refractivity contribution in [2.24, 2.45) is 0 Å². The van der Waals surface area contributed by atoms with Crippen molar-refractivity contribution in [2.75, 3.05) is 12.4 Å². The van der Waals surface area contributed by atoms with Crippen LogP contribution in [0.1, 0.15) is 5.56 Å². The minimum Gasteiger partial charge on any atom is -0.469 e. The van der Waals surface area contributed by atoms with Gasteiger partial charge in [-0.25, -0.2) is 4.98 Å². The fourth-order valence-corrected chi connectivity index (χ4v) is 3.39. The second-order valence-electron chi connectivity index (χ2n) is 5.61. The van der Waals surface area contributed by atoms with Gasteiger partial charge in [0, 0.05) is 5.69 Å². The molecule has 0 bridgehead atoms. The number of benzene rings is 2. The average Bonchev–Trinajstić information content (AvgIpc) is 3.06. The summed E-state index contributed by atoms with van der Waals surface area (Å²) in [6, 6.07) is 14.6. The highest BCUT2D eigenvalue weighted by atomic mass is 32.1. The van der Waals surface area contributed by atoms with Crippen molar-refractivity contribution in [3.8, 4) is 0 Å². The molecule has 0 saturated heterocycles. The molecular weight excluding hydrogens is 352 g/mol. The van der Waals surface area contributed by atoms with E-state index in [0.717, 1.165) is 11.3 Å². The fraction of sp³-hybridized carbons (Fsp3) is 0.111. The van der Waals surface area contributed by atoms with Crippen molar-refractivity contribution in [2.45, 2.75) is 6.42 Å². The van der Waals surface area contributed by atoms with Crippen molar-refractivity contribution in [3.63, 3.8) is 0 Å². The van der Waals surface area contributed by atoms with Crippen molar-refractivity contribution in [1.82, 2.24) is 14.6 Å². The van der Waals surface area contributed by atoms with Crippen LogP contribution in [-0.4, -0.2) is 27.7 Å². The Labute approximate surface area is 151 Å². The maximum absolute atomic E-state index is 12.5. The molecule has 0 fully saturated rings. The summed E-state index contributed by atoms with van der Waals surface area (Å²) in [7, 11) is 1.37. The van der Waals surface area contributed by atoms with Crippen LogP contribution in [0.5, 0.6) is 0 Å². The maximum atomic E-state index is 12.5. The smallest absolute Gasteiger partial charge is 0.309 e. The Bertz CT molecular complexity index is 1160. The number of rotatable bonds is 4. The predicted molar refractivity (Wildman–Crippen MR) is 100 cm³/mol. The van der Waals surface area contributed by atoms with E-state index in [2.05, 4.69) is 20.1 Å². The topological polar surface area (TPSA) is 85.6 Å². The van der Waals surface area contributed by atoms with Gasteiger partial charge in [0.2, 0.25) is 10.1 Å². The molecule has 0 aliphatic heterocycles. The number of anilines is 2. The van der Waals surface area contributed by atoms with E-state index in [1.807, 2.05) is 36.4 Å². The molecule has 0 atom stereocenters. The van der Waals surface area contributed by atoms with Crippen LogP contribution in [0, 0.1) is 0 Å². The third-order valence-corrected chi connectivity index (χ3v) is 4.71. The van der Waals surface area contributed by atoms with Gasteiger partial charge in [0.05, 0.1) is 24.4 Å². The summed E-state index contributed by atoms with van der Waals surface area (Å²) in [6.45, 7) is 0. The highest BCUT2D eigenvalue weighted by molar-refractivity contribution is 7.20. The molecule has 4 aromatic rings. The highest BCUT2D eigenvalue weighted by Gasteiger charge is 2.11.